The van der Waals surface area contributed by atoms with Crippen LogP contribution in [0.5, 0.6) is 5.75 Å². The number of carbonyl (C=O) groups is 2. The lowest BCUT2D eigenvalue weighted by Gasteiger charge is -2.35. The molecule has 184 valence electrons. The van der Waals surface area contributed by atoms with E-state index in [0.717, 1.165) is 29.8 Å². The fourth-order valence-electron chi connectivity index (χ4n) is 4.56. The third-order valence-electron chi connectivity index (χ3n) is 6.62. The molecule has 1 aliphatic rings. The zero-order chi connectivity index (χ0) is 24.9. The van der Waals surface area contributed by atoms with Gasteiger partial charge in [0.1, 0.15) is 11.6 Å². The Morgan fingerprint density at radius 1 is 0.971 bits per heavy atom. The number of carbonyl (C=O) groups excluding carboxylic acids is 2. The summed E-state index contributed by atoms with van der Waals surface area (Å²) in [5.74, 6) is 0.409. The molecule has 0 spiro atoms. The van der Waals surface area contributed by atoms with Gasteiger partial charge in [-0.1, -0.05) is 25.5 Å². The zero-order valence-electron chi connectivity index (χ0n) is 20.6. The number of hydrogen-bond acceptors (Lipinski definition) is 3. The number of nitrogens with zero attached hydrogens (tertiary/aromatic N) is 3. The Morgan fingerprint density at radius 2 is 1.63 bits per heavy atom. The summed E-state index contributed by atoms with van der Waals surface area (Å²) < 4.78 is 21.9. The maximum absolute atomic E-state index is 14.9. The van der Waals surface area contributed by atoms with E-state index in [1.165, 1.54) is 6.07 Å². The van der Waals surface area contributed by atoms with E-state index in [1.54, 1.807) is 34.8 Å². The summed E-state index contributed by atoms with van der Waals surface area (Å²) in [5, 5.41) is 0. The maximum atomic E-state index is 14.9. The number of rotatable bonds is 7. The number of para-hydroxylation sites is 1. The van der Waals surface area contributed by atoms with Crippen molar-refractivity contribution in [1.82, 2.24) is 14.4 Å². The molecule has 0 aliphatic carbocycles. The summed E-state index contributed by atoms with van der Waals surface area (Å²) in [6.07, 6.45) is 2.42. The zero-order valence-corrected chi connectivity index (χ0v) is 20.6. The minimum atomic E-state index is -0.362. The van der Waals surface area contributed by atoms with Crippen molar-refractivity contribution in [2.45, 2.75) is 33.1 Å². The number of ether oxygens (including phenoxy) is 1. The number of hydrogen-bond donors (Lipinski definition) is 0. The normalized spacial score (nSPS) is 13.7. The molecule has 1 saturated heterocycles. The number of halogens is 1. The Bertz CT molecular complexity index is 1190. The van der Waals surface area contributed by atoms with Crippen molar-refractivity contribution in [3.63, 3.8) is 0 Å². The lowest BCUT2D eigenvalue weighted by Crippen LogP contribution is -2.50. The number of benzene rings is 2. The van der Waals surface area contributed by atoms with Gasteiger partial charge in [0.25, 0.3) is 5.91 Å². The average Bonchev–Trinajstić information content (AvgIpc) is 3.23. The molecule has 6 nitrogen and oxygen atoms in total. The first-order valence-electron chi connectivity index (χ1n) is 12.1. The molecule has 0 atom stereocenters. The second-order valence-electron chi connectivity index (χ2n) is 8.82. The van der Waals surface area contributed by atoms with Crippen molar-refractivity contribution >= 4 is 11.8 Å². The van der Waals surface area contributed by atoms with Crippen molar-refractivity contribution in [2.24, 2.45) is 0 Å². The quantitative estimate of drug-likeness (QED) is 0.477. The lowest BCUT2D eigenvalue weighted by atomic mass is 10.1. The van der Waals surface area contributed by atoms with Crippen molar-refractivity contribution in [2.75, 3.05) is 33.3 Å². The SMILES string of the molecule is CCCCC(=O)N1CCN(C(=O)c2cc(-c3ccc(OC)cc3)n(-c3ccccc3F)c2C)CC1. The maximum Gasteiger partial charge on any atom is 0.255 e. The standard InChI is InChI=1S/C28H32FN3O3/c1-4-5-10-27(33)30-15-17-31(18-16-30)28(34)23-19-26(21-11-13-22(35-3)14-12-21)32(20(23)2)25-9-7-6-8-24(25)29/h6-9,11-14,19H,4-5,10,15-18H2,1-3H3. The number of amides is 2. The van der Waals surface area contributed by atoms with Crippen LogP contribution < -0.4 is 4.74 Å². The monoisotopic (exact) mass is 477 g/mol. The molecule has 7 heteroatoms. The fourth-order valence-corrected chi connectivity index (χ4v) is 4.56. The molecule has 35 heavy (non-hydrogen) atoms. The molecule has 2 aromatic carbocycles. The van der Waals surface area contributed by atoms with Crippen LogP contribution in [-0.4, -0.2) is 59.5 Å². The molecule has 2 amide bonds. The number of aromatic nitrogens is 1. The molecule has 4 rings (SSSR count). The van der Waals surface area contributed by atoms with Gasteiger partial charge in [-0.2, -0.15) is 0 Å². The molecule has 0 N–H and O–H groups in total. The predicted octanol–water partition coefficient (Wildman–Crippen LogP) is 5.08. The van der Waals surface area contributed by atoms with Gasteiger partial charge in [0.15, 0.2) is 0 Å². The van der Waals surface area contributed by atoms with Gasteiger partial charge >= 0.3 is 0 Å². The highest BCUT2D eigenvalue weighted by Crippen LogP contribution is 2.32. The van der Waals surface area contributed by atoms with Crippen LogP contribution in [0.15, 0.2) is 54.6 Å². The van der Waals surface area contributed by atoms with E-state index in [9.17, 15) is 14.0 Å². The van der Waals surface area contributed by atoms with Crippen molar-refractivity contribution in [3.05, 3.63) is 71.7 Å². The minimum Gasteiger partial charge on any atom is -0.497 e. The first-order chi connectivity index (χ1) is 16.9. The van der Waals surface area contributed by atoms with Crippen LogP contribution in [0.2, 0.25) is 0 Å². The summed E-state index contributed by atoms with van der Waals surface area (Å²) in [4.78, 5) is 29.6. The van der Waals surface area contributed by atoms with E-state index in [4.69, 9.17) is 4.74 Å². The van der Waals surface area contributed by atoms with Crippen molar-refractivity contribution in [3.8, 4) is 22.7 Å². The molecule has 0 unspecified atom stereocenters. The lowest BCUT2D eigenvalue weighted by molar-refractivity contribution is -0.132. The molecule has 3 aromatic rings. The van der Waals surface area contributed by atoms with Gasteiger partial charge in [0.2, 0.25) is 5.91 Å². The fraction of sp³-hybridized carbons (Fsp3) is 0.357. The third kappa shape index (κ3) is 5.09. The van der Waals surface area contributed by atoms with Crippen LogP contribution in [0, 0.1) is 12.7 Å². The Kier molecular flexibility index (Phi) is 7.54. The Balaban J connectivity index is 1.65. The van der Waals surface area contributed by atoms with E-state index in [-0.39, 0.29) is 17.6 Å². The van der Waals surface area contributed by atoms with E-state index in [1.807, 2.05) is 42.2 Å². The molecule has 0 bridgehead atoms. The van der Waals surface area contributed by atoms with Crippen LogP contribution in [-0.2, 0) is 4.79 Å². The average molecular weight is 478 g/mol. The number of piperazine rings is 1. The molecule has 2 heterocycles. The highest BCUT2D eigenvalue weighted by Gasteiger charge is 2.28. The summed E-state index contributed by atoms with van der Waals surface area (Å²) in [7, 11) is 1.61. The van der Waals surface area contributed by atoms with Crippen LogP contribution in [0.4, 0.5) is 4.39 Å². The number of methoxy groups -OCH3 is 1. The first kappa shape index (κ1) is 24.5. The van der Waals surface area contributed by atoms with E-state index < -0.39 is 0 Å². The second kappa shape index (κ2) is 10.8. The van der Waals surface area contributed by atoms with Gasteiger partial charge in [-0.05, 0) is 61.4 Å². The third-order valence-corrected chi connectivity index (χ3v) is 6.62. The topological polar surface area (TPSA) is 54.8 Å². The molecule has 0 saturated carbocycles. The van der Waals surface area contributed by atoms with Crippen LogP contribution in [0.25, 0.3) is 16.9 Å². The molecule has 1 aliphatic heterocycles. The summed E-state index contributed by atoms with van der Waals surface area (Å²) in [6, 6.07) is 15.9. The van der Waals surface area contributed by atoms with Gasteiger partial charge in [-0.15, -0.1) is 0 Å². The second-order valence-corrected chi connectivity index (χ2v) is 8.82. The molecular weight excluding hydrogens is 445 g/mol. The van der Waals surface area contributed by atoms with Crippen LogP contribution in [0.1, 0.15) is 42.2 Å². The van der Waals surface area contributed by atoms with Gasteiger partial charge in [-0.25, -0.2) is 4.39 Å². The van der Waals surface area contributed by atoms with Gasteiger partial charge < -0.3 is 19.1 Å². The van der Waals surface area contributed by atoms with Gasteiger partial charge in [-0.3, -0.25) is 9.59 Å². The van der Waals surface area contributed by atoms with E-state index in [0.29, 0.717) is 49.5 Å². The van der Waals surface area contributed by atoms with Crippen molar-refractivity contribution < 1.29 is 18.7 Å². The number of unbranched alkanes of at least 4 members (excludes halogenated alkanes) is 1. The van der Waals surface area contributed by atoms with E-state index in [2.05, 4.69) is 6.92 Å². The van der Waals surface area contributed by atoms with E-state index >= 15 is 0 Å². The van der Waals surface area contributed by atoms with Gasteiger partial charge in [0.05, 0.1) is 24.1 Å². The predicted molar refractivity (Wildman–Crippen MR) is 134 cm³/mol. The molecule has 1 fully saturated rings. The smallest absolute Gasteiger partial charge is 0.255 e. The van der Waals surface area contributed by atoms with Crippen LogP contribution in [0.3, 0.4) is 0 Å². The molecule has 1 aromatic heterocycles. The highest BCUT2D eigenvalue weighted by atomic mass is 19.1. The molecular formula is C28H32FN3O3. The largest absolute Gasteiger partial charge is 0.497 e. The Labute approximate surface area is 205 Å². The van der Waals surface area contributed by atoms with Crippen LogP contribution >= 0.6 is 0 Å². The molecule has 0 radical (unpaired) electrons. The summed E-state index contributed by atoms with van der Waals surface area (Å²) >= 11 is 0. The summed E-state index contributed by atoms with van der Waals surface area (Å²) in [5.41, 5.74) is 3.17. The first-order valence-corrected chi connectivity index (χ1v) is 12.1. The van der Waals surface area contributed by atoms with Crippen molar-refractivity contribution in [1.29, 1.82) is 0 Å². The minimum absolute atomic E-state index is 0.104. The highest BCUT2D eigenvalue weighted by molar-refractivity contribution is 5.97. The van der Waals surface area contributed by atoms with Gasteiger partial charge in [0, 0.05) is 38.3 Å². The summed E-state index contributed by atoms with van der Waals surface area (Å²) in [6.45, 7) is 5.95. The Morgan fingerprint density at radius 3 is 2.26 bits per heavy atom. The Hall–Kier alpha value is -3.61.